The predicted molar refractivity (Wildman–Crippen MR) is 100 cm³/mol. The number of fused-ring (bicyclic) bond motifs is 1. The molecule has 0 aromatic heterocycles. The Morgan fingerprint density at radius 1 is 1.25 bits per heavy atom. The van der Waals surface area contributed by atoms with E-state index in [4.69, 9.17) is 23.2 Å². The second-order valence-electron chi connectivity index (χ2n) is 6.15. The van der Waals surface area contributed by atoms with E-state index in [0.717, 1.165) is 12.0 Å². The summed E-state index contributed by atoms with van der Waals surface area (Å²) in [6.07, 6.45) is 1.68. The lowest BCUT2D eigenvalue weighted by molar-refractivity contribution is -0.119. The molecule has 1 unspecified atom stereocenters. The Balaban J connectivity index is 1.53. The maximum absolute atomic E-state index is 12.3. The predicted octanol–water partition coefficient (Wildman–Crippen LogP) is 4.10. The number of para-hydroxylation sites is 1. The first-order valence-electron chi connectivity index (χ1n) is 8.10. The third-order valence-corrected chi connectivity index (χ3v) is 4.98. The molecule has 24 heavy (non-hydrogen) atoms. The summed E-state index contributed by atoms with van der Waals surface area (Å²) in [6, 6.07) is 14.1. The van der Waals surface area contributed by atoms with Crippen LogP contribution in [0.4, 0.5) is 5.69 Å². The van der Waals surface area contributed by atoms with Crippen molar-refractivity contribution in [2.24, 2.45) is 0 Å². The third-order valence-electron chi connectivity index (χ3n) is 4.39. The minimum Gasteiger partial charge on any atom is -0.359 e. The van der Waals surface area contributed by atoms with E-state index in [9.17, 15) is 4.79 Å². The molecule has 2 aromatic carbocycles. The van der Waals surface area contributed by atoms with Crippen LogP contribution in [0.2, 0.25) is 10.0 Å². The number of halogens is 2. The highest BCUT2D eigenvalue weighted by molar-refractivity contribution is 6.35. The van der Waals surface area contributed by atoms with Crippen molar-refractivity contribution in [3.05, 3.63) is 63.6 Å². The molecule has 2 aromatic rings. The van der Waals surface area contributed by atoms with Crippen molar-refractivity contribution in [3.8, 4) is 0 Å². The second-order valence-corrected chi connectivity index (χ2v) is 6.99. The highest BCUT2D eigenvalue weighted by Gasteiger charge is 2.26. The summed E-state index contributed by atoms with van der Waals surface area (Å²) in [7, 11) is 0. The van der Waals surface area contributed by atoms with E-state index in [1.807, 2.05) is 24.3 Å². The van der Waals surface area contributed by atoms with Crippen molar-refractivity contribution in [2.75, 3.05) is 18.0 Å². The standard InChI is InChI=1S/C19H20Cl2N2O/c1-13-10-15-4-2-3-5-18(15)23(13)12-19(24)22-9-8-14-6-7-16(20)11-17(14)21/h2-7,11,13H,8-10,12H2,1H3,(H,22,24). The van der Waals surface area contributed by atoms with Gasteiger partial charge < -0.3 is 10.2 Å². The van der Waals surface area contributed by atoms with Gasteiger partial charge in [-0.05, 0) is 49.1 Å². The number of rotatable bonds is 5. The van der Waals surface area contributed by atoms with E-state index in [1.54, 1.807) is 6.07 Å². The summed E-state index contributed by atoms with van der Waals surface area (Å²) in [5.74, 6) is 0.0311. The molecule has 0 radical (unpaired) electrons. The normalized spacial score (nSPS) is 16.1. The molecule has 1 atom stereocenters. The summed E-state index contributed by atoms with van der Waals surface area (Å²) in [6.45, 7) is 3.09. The molecule has 0 aliphatic carbocycles. The molecule has 1 aliphatic rings. The zero-order valence-corrected chi connectivity index (χ0v) is 15.1. The van der Waals surface area contributed by atoms with Crippen molar-refractivity contribution < 1.29 is 4.79 Å². The Bertz CT molecular complexity index is 748. The molecule has 1 N–H and O–H groups in total. The van der Waals surface area contributed by atoms with Gasteiger partial charge in [0.05, 0.1) is 6.54 Å². The van der Waals surface area contributed by atoms with E-state index in [0.29, 0.717) is 35.6 Å². The van der Waals surface area contributed by atoms with Gasteiger partial charge in [0.1, 0.15) is 0 Å². The van der Waals surface area contributed by atoms with Gasteiger partial charge in [-0.25, -0.2) is 0 Å². The summed E-state index contributed by atoms with van der Waals surface area (Å²) < 4.78 is 0. The van der Waals surface area contributed by atoms with Gasteiger partial charge in [0.25, 0.3) is 0 Å². The van der Waals surface area contributed by atoms with E-state index in [-0.39, 0.29) is 5.91 Å². The number of nitrogens with zero attached hydrogens (tertiary/aromatic N) is 1. The van der Waals surface area contributed by atoms with Crippen LogP contribution in [0.25, 0.3) is 0 Å². The number of amides is 1. The number of hydrogen-bond donors (Lipinski definition) is 1. The second kappa shape index (κ2) is 7.45. The molecule has 1 amide bonds. The van der Waals surface area contributed by atoms with Gasteiger partial charge in [-0.15, -0.1) is 0 Å². The van der Waals surface area contributed by atoms with Crippen LogP contribution in [0.1, 0.15) is 18.1 Å². The van der Waals surface area contributed by atoms with Crippen molar-refractivity contribution in [1.82, 2.24) is 5.32 Å². The molecule has 0 saturated heterocycles. The average molecular weight is 363 g/mol. The maximum atomic E-state index is 12.3. The number of hydrogen-bond acceptors (Lipinski definition) is 2. The largest absolute Gasteiger partial charge is 0.359 e. The SMILES string of the molecule is CC1Cc2ccccc2N1CC(=O)NCCc1ccc(Cl)cc1Cl. The van der Waals surface area contributed by atoms with Crippen LogP contribution in [0, 0.1) is 0 Å². The third kappa shape index (κ3) is 3.85. The molecule has 1 heterocycles. The van der Waals surface area contributed by atoms with E-state index < -0.39 is 0 Å². The molecule has 1 aliphatic heterocycles. The summed E-state index contributed by atoms with van der Waals surface area (Å²) in [5, 5.41) is 4.24. The van der Waals surface area contributed by atoms with Crippen molar-refractivity contribution in [2.45, 2.75) is 25.8 Å². The fourth-order valence-electron chi connectivity index (χ4n) is 3.14. The summed E-state index contributed by atoms with van der Waals surface area (Å²) >= 11 is 12.0. The summed E-state index contributed by atoms with van der Waals surface area (Å²) in [4.78, 5) is 14.4. The van der Waals surface area contributed by atoms with E-state index in [1.165, 1.54) is 11.3 Å². The Morgan fingerprint density at radius 3 is 2.83 bits per heavy atom. The van der Waals surface area contributed by atoms with E-state index >= 15 is 0 Å². The summed E-state index contributed by atoms with van der Waals surface area (Å²) in [5.41, 5.74) is 3.47. The lowest BCUT2D eigenvalue weighted by atomic mass is 10.1. The molecule has 0 fully saturated rings. The average Bonchev–Trinajstić information content (AvgIpc) is 2.85. The van der Waals surface area contributed by atoms with Crippen molar-refractivity contribution in [3.63, 3.8) is 0 Å². The smallest absolute Gasteiger partial charge is 0.239 e. The fourth-order valence-corrected chi connectivity index (χ4v) is 3.65. The van der Waals surface area contributed by atoms with Gasteiger partial charge in [-0.2, -0.15) is 0 Å². The van der Waals surface area contributed by atoms with Crippen LogP contribution in [0.5, 0.6) is 0 Å². The number of nitrogens with one attached hydrogen (secondary N) is 1. The first-order chi connectivity index (χ1) is 11.5. The topological polar surface area (TPSA) is 32.3 Å². The van der Waals surface area contributed by atoms with Crippen LogP contribution in [-0.4, -0.2) is 25.0 Å². The minimum atomic E-state index is 0.0311. The van der Waals surface area contributed by atoms with Gasteiger partial charge >= 0.3 is 0 Å². The first-order valence-corrected chi connectivity index (χ1v) is 8.85. The van der Waals surface area contributed by atoms with Crippen molar-refractivity contribution in [1.29, 1.82) is 0 Å². The number of carbonyl (C=O) groups is 1. The molecular weight excluding hydrogens is 343 g/mol. The van der Waals surface area contributed by atoms with Crippen molar-refractivity contribution >= 4 is 34.8 Å². The van der Waals surface area contributed by atoms with Gasteiger partial charge in [-0.1, -0.05) is 47.5 Å². The van der Waals surface area contributed by atoms with Gasteiger partial charge in [0.2, 0.25) is 5.91 Å². The van der Waals surface area contributed by atoms with E-state index in [2.05, 4.69) is 29.3 Å². The van der Waals surface area contributed by atoms with Crippen LogP contribution < -0.4 is 10.2 Å². The molecule has 126 valence electrons. The molecular formula is C19H20Cl2N2O. The Morgan fingerprint density at radius 2 is 2.04 bits per heavy atom. The van der Waals surface area contributed by atoms with Gasteiger partial charge in [0, 0.05) is 28.3 Å². The zero-order chi connectivity index (χ0) is 17.1. The zero-order valence-electron chi connectivity index (χ0n) is 13.6. The van der Waals surface area contributed by atoms with Crippen LogP contribution in [0.3, 0.4) is 0 Å². The number of anilines is 1. The first kappa shape index (κ1) is 17.1. The lowest BCUT2D eigenvalue weighted by Gasteiger charge is -2.24. The van der Waals surface area contributed by atoms with Crippen LogP contribution in [-0.2, 0) is 17.6 Å². The minimum absolute atomic E-state index is 0.0311. The monoisotopic (exact) mass is 362 g/mol. The molecule has 3 nitrogen and oxygen atoms in total. The Labute approximate surface area is 152 Å². The molecule has 0 saturated carbocycles. The quantitative estimate of drug-likeness (QED) is 0.867. The number of benzene rings is 2. The molecule has 0 bridgehead atoms. The molecule has 3 rings (SSSR count). The highest BCUT2D eigenvalue weighted by Crippen LogP contribution is 2.31. The van der Waals surface area contributed by atoms with Gasteiger partial charge in [0.15, 0.2) is 0 Å². The van der Waals surface area contributed by atoms with Gasteiger partial charge in [-0.3, -0.25) is 4.79 Å². The van der Waals surface area contributed by atoms with Crippen LogP contribution >= 0.6 is 23.2 Å². The lowest BCUT2D eigenvalue weighted by Crippen LogP contribution is -2.40. The molecule has 0 spiro atoms. The highest BCUT2D eigenvalue weighted by atomic mass is 35.5. The van der Waals surface area contributed by atoms with Crippen LogP contribution in [0.15, 0.2) is 42.5 Å². The molecule has 5 heteroatoms. The Kier molecular flexibility index (Phi) is 5.32. The Hall–Kier alpha value is -1.71. The fraction of sp³-hybridized carbons (Fsp3) is 0.316. The number of carbonyl (C=O) groups excluding carboxylic acids is 1. The maximum Gasteiger partial charge on any atom is 0.239 e.